The van der Waals surface area contributed by atoms with Gasteiger partial charge in [-0.25, -0.2) is 19.0 Å². The predicted molar refractivity (Wildman–Crippen MR) is 158 cm³/mol. The molecule has 0 aliphatic heterocycles. The molecule has 6 rings (SSSR count). The summed E-state index contributed by atoms with van der Waals surface area (Å²) < 4.78 is 24.5. The van der Waals surface area contributed by atoms with Gasteiger partial charge in [-0.3, -0.25) is 14.2 Å². The lowest BCUT2D eigenvalue weighted by Gasteiger charge is -2.18. The number of hydrogen-bond acceptors (Lipinski definition) is 7. The van der Waals surface area contributed by atoms with E-state index < -0.39 is 17.8 Å². The van der Waals surface area contributed by atoms with Crippen molar-refractivity contribution in [1.29, 1.82) is 0 Å². The van der Waals surface area contributed by atoms with Crippen LogP contribution in [0.4, 0.5) is 10.1 Å². The summed E-state index contributed by atoms with van der Waals surface area (Å²) in [5.41, 5.74) is 1.87. The fraction of sp³-hybridized carbons (Fsp3) is 0.133. The largest absolute Gasteiger partial charge is 0.439 e. The Morgan fingerprint density at radius 3 is 2.79 bits per heavy atom. The van der Waals surface area contributed by atoms with Crippen molar-refractivity contribution in [1.82, 2.24) is 29.5 Å². The summed E-state index contributed by atoms with van der Waals surface area (Å²) in [6, 6.07) is 17.9. The van der Waals surface area contributed by atoms with Crippen molar-refractivity contribution in [2.24, 2.45) is 0 Å². The molecule has 1 amide bonds. The van der Waals surface area contributed by atoms with E-state index in [1.807, 2.05) is 24.3 Å². The smallest absolute Gasteiger partial charge is 0.262 e. The summed E-state index contributed by atoms with van der Waals surface area (Å²) in [7, 11) is 0. The maximum Gasteiger partial charge on any atom is 0.262 e. The molecule has 12 heteroatoms. The molecule has 1 unspecified atom stereocenters. The highest BCUT2D eigenvalue weighted by atomic mass is 79.9. The lowest BCUT2D eigenvalue weighted by atomic mass is 10.1. The minimum atomic E-state index is -0.869. The minimum Gasteiger partial charge on any atom is -0.439 e. The number of carbonyl (C=O) groups is 1. The molecule has 0 saturated carbocycles. The van der Waals surface area contributed by atoms with E-state index in [1.165, 1.54) is 27.4 Å². The Labute approximate surface area is 247 Å². The molecule has 0 spiro atoms. The van der Waals surface area contributed by atoms with Crippen molar-refractivity contribution in [3.63, 3.8) is 0 Å². The van der Waals surface area contributed by atoms with Crippen LogP contribution in [0.2, 0.25) is 0 Å². The van der Waals surface area contributed by atoms with Gasteiger partial charge in [0.15, 0.2) is 5.76 Å². The van der Waals surface area contributed by atoms with E-state index in [0.29, 0.717) is 34.1 Å². The normalized spacial score (nSPS) is 12.0. The van der Waals surface area contributed by atoms with Crippen molar-refractivity contribution in [2.45, 2.75) is 26.4 Å². The van der Waals surface area contributed by atoms with Gasteiger partial charge in [-0.15, -0.1) is 5.10 Å². The number of nitrogens with zero attached hydrogens (tertiary/aromatic N) is 6. The highest BCUT2D eigenvalue weighted by Gasteiger charge is 2.21. The van der Waals surface area contributed by atoms with E-state index in [-0.39, 0.29) is 23.4 Å². The lowest BCUT2D eigenvalue weighted by Crippen LogP contribution is -2.33. The number of rotatable bonds is 7. The Bertz CT molecular complexity index is 2020. The molecule has 0 radical (unpaired) electrons. The van der Waals surface area contributed by atoms with Crippen LogP contribution in [-0.2, 0) is 11.3 Å². The number of fused-ring (bicyclic) bond motifs is 1. The number of amides is 1. The predicted octanol–water partition coefficient (Wildman–Crippen LogP) is 5.77. The number of aryl methyl sites for hydroxylation is 1. The van der Waals surface area contributed by atoms with Crippen molar-refractivity contribution < 1.29 is 13.6 Å². The van der Waals surface area contributed by atoms with E-state index in [1.54, 1.807) is 50.5 Å². The highest BCUT2D eigenvalue weighted by molar-refractivity contribution is 9.10. The fourth-order valence-corrected chi connectivity index (χ4v) is 5.07. The number of oxazole rings is 1. The molecule has 0 saturated heterocycles. The topological polar surface area (TPSA) is 121 Å². The Morgan fingerprint density at radius 2 is 1.95 bits per heavy atom. The SMILES string of the molecule is Cc1nc2ccccc2c(=O)n1C(C)C(=O)Nc1ccc(F)c(-c2cn(Cc3ncc(-c4cccc(Br)c4)o3)nn2)c1. The quantitative estimate of drug-likeness (QED) is 0.238. The first-order valence-corrected chi connectivity index (χ1v) is 13.8. The molecule has 1 N–H and O–H groups in total. The molecule has 210 valence electrons. The molecular weight excluding hydrogens is 605 g/mol. The zero-order chi connectivity index (χ0) is 29.4. The highest BCUT2D eigenvalue weighted by Crippen LogP contribution is 2.26. The Hall–Kier alpha value is -4.97. The van der Waals surface area contributed by atoms with E-state index in [0.717, 1.165) is 10.0 Å². The Balaban J connectivity index is 1.19. The molecule has 0 aliphatic rings. The molecule has 3 heterocycles. The van der Waals surface area contributed by atoms with Gasteiger partial charge in [0.05, 0.1) is 23.3 Å². The summed E-state index contributed by atoms with van der Waals surface area (Å²) in [5, 5.41) is 11.4. The molecule has 3 aromatic carbocycles. The van der Waals surface area contributed by atoms with Crippen LogP contribution >= 0.6 is 15.9 Å². The summed E-state index contributed by atoms with van der Waals surface area (Å²) in [5.74, 6) is 0.432. The second-order valence-corrected chi connectivity index (χ2v) is 10.6. The number of aromatic nitrogens is 6. The molecule has 0 aliphatic carbocycles. The molecule has 0 bridgehead atoms. The average molecular weight is 628 g/mol. The lowest BCUT2D eigenvalue weighted by molar-refractivity contribution is -0.118. The van der Waals surface area contributed by atoms with Crippen LogP contribution in [0.25, 0.3) is 33.5 Å². The monoisotopic (exact) mass is 627 g/mol. The van der Waals surface area contributed by atoms with E-state index in [4.69, 9.17) is 4.42 Å². The maximum atomic E-state index is 14.9. The summed E-state index contributed by atoms with van der Waals surface area (Å²) in [6.07, 6.45) is 3.20. The molecule has 3 aromatic heterocycles. The summed E-state index contributed by atoms with van der Waals surface area (Å²) >= 11 is 3.45. The van der Waals surface area contributed by atoms with Gasteiger partial charge in [-0.1, -0.05) is 45.4 Å². The molecule has 1 atom stereocenters. The van der Waals surface area contributed by atoms with Gasteiger partial charge >= 0.3 is 0 Å². The van der Waals surface area contributed by atoms with E-state index >= 15 is 0 Å². The van der Waals surface area contributed by atoms with Crippen LogP contribution in [0, 0.1) is 12.7 Å². The van der Waals surface area contributed by atoms with Crippen LogP contribution < -0.4 is 10.9 Å². The van der Waals surface area contributed by atoms with Crippen LogP contribution in [0.15, 0.2) is 92.8 Å². The first-order chi connectivity index (χ1) is 20.3. The van der Waals surface area contributed by atoms with Crippen molar-refractivity contribution in [3.8, 4) is 22.6 Å². The molecular formula is C30H23BrFN7O3. The second kappa shape index (κ2) is 11.1. The summed E-state index contributed by atoms with van der Waals surface area (Å²) in [4.78, 5) is 35.1. The Kier molecular flexibility index (Phi) is 7.21. The summed E-state index contributed by atoms with van der Waals surface area (Å²) in [6.45, 7) is 3.47. The Morgan fingerprint density at radius 1 is 1.12 bits per heavy atom. The molecule has 10 nitrogen and oxygen atoms in total. The third-order valence-corrected chi connectivity index (χ3v) is 7.25. The van der Waals surface area contributed by atoms with Crippen molar-refractivity contribution >= 4 is 38.4 Å². The second-order valence-electron chi connectivity index (χ2n) is 9.64. The van der Waals surface area contributed by atoms with Gasteiger partial charge in [0.1, 0.15) is 29.9 Å². The first kappa shape index (κ1) is 27.2. The van der Waals surface area contributed by atoms with Gasteiger partial charge in [0.2, 0.25) is 11.8 Å². The standard InChI is InChI=1S/C30H23BrFN7O3/c1-17(39-18(2)34-25-9-4-3-8-22(25)30(39)41)29(40)35-21-10-11-24(32)23(13-21)26-15-38(37-36-26)16-28-33-14-27(42-28)19-6-5-7-20(31)12-19/h3-15,17H,16H2,1-2H3,(H,35,40). The number of nitrogens with one attached hydrogen (secondary N) is 1. The van der Waals surface area contributed by atoms with Crippen molar-refractivity contribution in [2.75, 3.05) is 5.32 Å². The molecule has 0 fully saturated rings. The fourth-order valence-electron chi connectivity index (χ4n) is 4.67. The van der Waals surface area contributed by atoms with Gasteiger partial charge in [-0.05, 0) is 56.3 Å². The van der Waals surface area contributed by atoms with Crippen molar-refractivity contribution in [3.05, 3.63) is 111 Å². The van der Waals surface area contributed by atoms with Crippen LogP contribution in [-0.4, -0.2) is 35.4 Å². The maximum absolute atomic E-state index is 14.9. The molecule has 6 aromatic rings. The number of carbonyl (C=O) groups excluding carboxylic acids is 1. The number of para-hydroxylation sites is 1. The van der Waals surface area contributed by atoms with Crippen LogP contribution in [0.1, 0.15) is 24.7 Å². The van der Waals surface area contributed by atoms with E-state index in [2.05, 4.69) is 41.5 Å². The zero-order valence-electron chi connectivity index (χ0n) is 22.5. The van der Waals surface area contributed by atoms with Gasteiger partial charge < -0.3 is 9.73 Å². The minimum absolute atomic E-state index is 0.148. The number of anilines is 1. The molecule has 42 heavy (non-hydrogen) atoms. The average Bonchev–Trinajstić information content (AvgIpc) is 3.64. The first-order valence-electron chi connectivity index (χ1n) is 13.0. The number of benzene rings is 3. The third-order valence-electron chi connectivity index (χ3n) is 6.76. The van der Waals surface area contributed by atoms with Crippen LogP contribution in [0.3, 0.4) is 0 Å². The van der Waals surface area contributed by atoms with Gasteiger partial charge in [0.25, 0.3) is 5.56 Å². The van der Waals surface area contributed by atoms with E-state index in [9.17, 15) is 14.0 Å². The van der Waals surface area contributed by atoms with Gasteiger partial charge in [-0.2, -0.15) is 0 Å². The zero-order valence-corrected chi connectivity index (χ0v) is 24.0. The third kappa shape index (κ3) is 5.36. The number of halogens is 2. The van der Waals surface area contributed by atoms with Crippen LogP contribution in [0.5, 0.6) is 0 Å². The number of hydrogen-bond donors (Lipinski definition) is 1. The van der Waals surface area contributed by atoms with Gasteiger partial charge in [0, 0.05) is 21.3 Å².